The average molecular weight is 605 g/mol. The van der Waals surface area contributed by atoms with E-state index in [0.717, 1.165) is 57.1 Å². The van der Waals surface area contributed by atoms with Crippen LogP contribution in [0.15, 0.2) is 72.8 Å². The summed E-state index contributed by atoms with van der Waals surface area (Å²) in [5.74, 6) is 0.912. The minimum Gasteiger partial charge on any atom is -0.457 e. The molecule has 3 aromatic rings. The van der Waals surface area contributed by atoms with Crippen LogP contribution in [-0.2, 0) is 16.6 Å². The fraction of sp³-hybridized carbons (Fsp3) is 0.367. The van der Waals surface area contributed by atoms with E-state index in [1.54, 1.807) is 42.5 Å². The molecule has 0 bridgehead atoms. The van der Waals surface area contributed by atoms with E-state index in [9.17, 15) is 17.6 Å². The summed E-state index contributed by atoms with van der Waals surface area (Å²) in [6.07, 6.45) is 4.49. The first-order chi connectivity index (χ1) is 19.2. The molecule has 1 aliphatic heterocycles. The van der Waals surface area contributed by atoms with Crippen molar-refractivity contribution >= 4 is 39.8 Å². The third-order valence-electron chi connectivity index (χ3n) is 6.76. The van der Waals surface area contributed by atoms with Crippen LogP contribution in [-0.4, -0.2) is 51.3 Å². The molecule has 8 nitrogen and oxygen atoms in total. The second-order valence-corrected chi connectivity index (χ2v) is 11.8. The molecule has 3 aromatic carbocycles. The van der Waals surface area contributed by atoms with Gasteiger partial charge in [0.2, 0.25) is 10.0 Å². The highest BCUT2D eigenvalue weighted by molar-refractivity contribution is 7.92. The van der Waals surface area contributed by atoms with Crippen LogP contribution >= 0.6 is 12.4 Å². The number of carbonyl (C=O) groups is 1. The molecule has 1 aliphatic rings. The maximum atomic E-state index is 14.4. The van der Waals surface area contributed by atoms with E-state index in [-0.39, 0.29) is 30.3 Å². The number of sulfonamides is 1. The molecule has 1 fully saturated rings. The lowest BCUT2D eigenvalue weighted by molar-refractivity contribution is 0.188. The van der Waals surface area contributed by atoms with Crippen LogP contribution in [0.4, 0.5) is 20.6 Å². The van der Waals surface area contributed by atoms with E-state index in [4.69, 9.17) is 4.74 Å². The molecule has 2 N–H and O–H groups in total. The maximum Gasteiger partial charge on any atom is 0.322 e. The molecule has 0 spiro atoms. The van der Waals surface area contributed by atoms with Crippen molar-refractivity contribution < 1.29 is 22.3 Å². The molecule has 0 radical (unpaired) electrons. The average Bonchev–Trinajstić information content (AvgIpc) is 2.92. The highest BCUT2D eigenvalue weighted by Gasteiger charge is 2.25. The molecule has 0 saturated carbocycles. The van der Waals surface area contributed by atoms with Gasteiger partial charge in [-0.1, -0.05) is 37.6 Å². The number of para-hydroxylation sites is 1. The number of ether oxygens (including phenoxy) is 1. The van der Waals surface area contributed by atoms with Gasteiger partial charge in [-0.3, -0.25) is 14.5 Å². The van der Waals surface area contributed by atoms with Gasteiger partial charge in [-0.05, 0) is 73.4 Å². The quantitative estimate of drug-likeness (QED) is 0.265. The van der Waals surface area contributed by atoms with Crippen LogP contribution in [0.25, 0.3) is 0 Å². The Morgan fingerprint density at radius 3 is 2.20 bits per heavy atom. The van der Waals surface area contributed by atoms with Gasteiger partial charge in [0.15, 0.2) is 0 Å². The predicted octanol–water partition coefficient (Wildman–Crippen LogP) is 6.39. The minimum atomic E-state index is -3.32. The molecule has 11 heteroatoms. The molecule has 1 saturated heterocycles. The fourth-order valence-corrected chi connectivity index (χ4v) is 5.23. The normalized spacial score (nSPS) is 14.1. The van der Waals surface area contributed by atoms with Crippen molar-refractivity contribution in [3.05, 3.63) is 84.2 Å². The Balaban J connectivity index is 0.00000462. The Hall–Kier alpha value is -3.34. The largest absolute Gasteiger partial charge is 0.457 e. The molecule has 0 aliphatic carbocycles. The van der Waals surface area contributed by atoms with Crippen LogP contribution < -0.4 is 19.7 Å². The van der Waals surface area contributed by atoms with Crippen molar-refractivity contribution in [2.24, 2.45) is 0 Å². The van der Waals surface area contributed by atoms with Crippen molar-refractivity contribution in [1.82, 2.24) is 10.2 Å². The first-order valence-electron chi connectivity index (χ1n) is 13.6. The van der Waals surface area contributed by atoms with E-state index in [0.29, 0.717) is 29.4 Å². The first-order valence-corrected chi connectivity index (χ1v) is 15.5. The summed E-state index contributed by atoms with van der Waals surface area (Å²) in [7, 11) is -3.32. The summed E-state index contributed by atoms with van der Waals surface area (Å²) in [5.41, 5.74) is 1.96. The lowest BCUT2D eigenvalue weighted by Crippen LogP contribution is -2.49. The third kappa shape index (κ3) is 9.91. The van der Waals surface area contributed by atoms with Gasteiger partial charge in [-0.25, -0.2) is 17.6 Å². The van der Waals surface area contributed by atoms with Gasteiger partial charge in [0.1, 0.15) is 17.3 Å². The summed E-state index contributed by atoms with van der Waals surface area (Å²) in [4.78, 5) is 17.0. The van der Waals surface area contributed by atoms with Crippen molar-refractivity contribution in [3.8, 4) is 11.5 Å². The number of nitrogens with zero attached hydrogens (tertiary/aromatic N) is 2. The van der Waals surface area contributed by atoms with Gasteiger partial charge in [-0.15, -0.1) is 12.4 Å². The van der Waals surface area contributed by atoms with E-state index in [1.165, 1.54) is 11.0 Å². The minimum absolute atomic E-state index is 0. The number of anilines is 2. The van der Waals surface area contributed by atoms with E-state index in [1.807, 2.05) is 24.3 Å². The number of benzene rings is 3. The standard InChI is InChI=1S/C30H37FN4O4S.ClH/c1-3-4-19-35(29-8-6-5-7-28(29)31)30(36)32-24-17-20-34(21-18-24)22-23-9-13-26(14-10-23)39-27-15-11-25(12-16-27)33-40(2,37)38;/h5-16,24,33H,3-4,17-22H2,1-2H3,(H,32,36);1H. The van der Waals surface area contributed by atoms with Crippen molar-refractivity contribution in [3.63, 3.8) is 0 Å². The zero-order chi connectivity index (χ0) is 28.5. The van der Waals surface area contributed by atoms with Crippen molar-refractivity contribution in [1.29, 1.82) is 0 Å². The Kier molecular flexibility index (Phi) is 11.8. The molecule has 2 amide bonds. The number of hydrogen-bond donors (Lipinski definition) is 2. The lowest BCUT2D eigenvalue weighted by Gasteiger charge is -2.34. The van der Waals surface area contributed by atoms with Crippen molar-refractivity contribution in [2.45, 2.75) is 45.2 Å². The van der Waals surface area contributed by atoms with Gasteiger partial charge < -0.3 is 10.1 Å². The Morgan fingerprint density at radius 2 is 1.61 bits per heavy atom. The summed E-state index contributed by atoms with van der Waals surface area (Å²) >= 11 is 0. The summed E-state index contributed by atoms with van der Waals surface area (Å²) < 4.78 is 45.4. The molecule has 41 heavy (non-hydrogen) atoms. The summed E-state index contributed by atoms with van der Waals surface area (Å²) in [6.45, 7) is 5.03. The SMILES string of the molecule is CCCCN(C(=O)NC1CCN(Cc2ccc(Oc3ccc(NS(C)(=O)=O)cc3)cc2)CC1)c1ccccc1F.Cl. The van der Waals surface area contributed by atoms with Crippen LogP contribution in [0, 0.1) is 5.82 Å². The van der Waals surface area contributed by atoms with Gasteiger partial charge in [0.05, 0.1) is 11.9 Å². The number of urea groups is 1. The number of likely N-dealkylation sites (tertiary alicyclic amines) is 1. The molecule has 1 heterocycles. The van der Waals surface area contributed by atoms with Crippen LogP contribution in [0.2, 0.25) is 0 Å². The third-order valence-corrected chi connectivity index (χ3v) is 7.37. The van der Waals surface area contributed by atoms with Crippen LogP contribution in [0.3, 0.4) is 0 Å². The maximum absolute atomic E-state index is 14.4. The Bertz CT molecular complexity index is 1370. The second-order valence-electron chi connectivity index (χ2n) is 10.1. The van der Waals surface area contributed by atoms with Crippen LogP contribution in [0.1, 0.15) is 38.2 Å². The molecule has 0 atom stereocenters. The highest BCUT2D eigenvalue weighted by atomic mass is 35.5. The topological polar surface area (TPSA) is 91.0 Å². The second kappa shape index (κ2) is 15.0. The Morgan fingerprint density at radius 1 is 1.00 bits per heavy atom. The highest BCUT2D eigenvalue weighted by Crippen LogP contribution is 2.25. The van der Waals surface area contributed by atoms with Gasteiger partial charge in [-0.2, -0.15) is 0 Å². The number of piperidine rings is 1. The van der Waals surface area contributed by atoms with E-state index < -0.39 is 10.0 Å². The molecule has 4 rings (SSSR count). The molecular weight excluding hydrogens is 567 g/mol. The van der Waals surface area contributed by atoms with Gasteiger partial charge in [0.25, 0.3) is 0 Å². The van der Waals surface area contributed by atoms with Gasteiger partial charge in [0, 0.05) is 37.9 Å². The van der Waals surface area contributed by atoms with Crippen LogP contribution in [0.5, 0.6) is 11.5 Å². The predicted molar refractivity (Wildman–Crippen MR) is 164 cm³/mol. The lowest BCUT2D eigenvalue weighted by atomic mass is 10.0. The first kappa shape index (κ1) is 32.2. The van der Waals surface area contributed by atoms with E-state index >= 15 is 0 Å². The number of halogens is 2. The molecule has 0 unspecified atom stereocenters. The fourth-order valence-electron chi connectivity index (χ4n) is 4.67. The molecular formula is C30H38ClFN4O4S. The number of amides is 2. The number of nitrogens with one attached hydrogen (secondary N) is 2. The smallest absolute Gasteiger partial charge is 0.322 e. The van der Waals surface area contributed by atoms with E-state index in [2.05, 4.69) is 21.9 Å². The summed E-state index contributed by atoms with van der Waals surface area (Å²) in [6, 6.07) is 20.8. The zero-order valence-corrected chi connectivity index (χ0v) is 25.0. The number of unbranched alkanes of at least 4 members (excludes halogenated alkanes) is 1. The zero-order valence-electron chi connectivity index (χ0n) is 23.4. The Labute approximate surface area is 248 Å². The van der Waals surface area contributed by atoms with Crippen molar-refractivity contribution in [2.75, 3.05) is 35.5 Å². The molecule has 222 valence electrons. The number of hydrogen-bond acceptors (Lipinski definition) is 5. The monoisotopic (exact) mass is 604 g/mol. The number of carbonyl (C=O) groups excluding carboxylic acids is 1. The van der Waals surface area contributed by atoms with Gasteiger partial charge >= 0.3 is 6.03 Å². The molecule has 0 aromatic heterocycles. The summed E-state index contributed by atoms with van der Waals surface area (Å²) in [5, 5.41) is 3.13. The number of rotatable bonds is 11.